The Kier molecular flexibility index (Phi) is 3.51. The number of thiazole rings is 1. The van der Waals surface area contributed by atoms with E-state index < -0.39 is 0 Å². The van der Waals surface area contributed by atoms with Gasteiger partial charge in [0.2, 0.25) is 0 Å². The van der Waals surface area contributed by atoms with Crippen molar-refractivity contribution in [3.05, 3.63) is 47.0 Å². The van der Waals surface area contributed by atoms with E-state index in [0.717, 1.165) is 37.4 Å². The molecule has 1 aromatic heterocycles. The summed E-state index contributed by atoms with van der Waals surface area (Å²) in [6, 6.07) is 11.7. The first-order chi connectivity index (χ1) is 9.67. The molecule has 0 amide bonds. The number of nitrogens with one attached hydrogen (secondary N) is 1. The van der Waals surface area contributed by atoms with Gasteiger partial charge in [-0.2, -0.15) is 0 Å². The third kappa shape index (κ3) is 2.44. The van der Waals surface area contributed by atoms with Gasteiger partial charge in [-0.15, -0.1) is 0 Å². The summed E-state index contributed by atoms with van der Waals surface area (Å²) in [4.78, 5) is 4.54. The third-order valence-corrected chi connectivity index (χ3v) is 4.49. The van der Waals surface area contributed by atoms with E-state index in [9.17, 15) is 0 Å². The van der Waals surface area contributed by atoms with Crippen LogP contribution < -0.4 is 10.1 Å². The number of benzene rings is 2. The first-order valence-electron chi connectivity index (χ1n) is 6.14. The SMILES string of the molecule is COc1ccc(Nc2nc3cccc(Cl)c3s2)c(C)c1. The van der Waals surface area contributed by atoms with Crippen molar-refractivity contribution in [3.8, 4) is 5.75 Å². The highest BCUT2D eigenvalue weighted by Gasteiger charge is 2.08. The Hall–Kier alpha value is -1.78. The van der Waals surface area contributed by atoms with Crippen molar-refractivity contribution < 1.29 is 4.74 Å². The maximum atomic E-state index is 6.17. The molecule has 0 atom stereocenters. The molecule has 1 N–H and O–H groups in total. The maximum Gasteiger partial charge on any atom is 0.188 e. The zero-order valence-corrected chi connectivity index (χ0v) is 12.7. The van der Waals surface area contributed by atoms with Crippen LogP contribution in [0.2, 0.25) is 5.02 Å². The van der Waals surface area contributed by atoms with E-state index in [4.69, 9.17) is 16.3 Å². The number of anilines is 2. The smallest absolute Gasteiger partial charge is 0.188 e. The van der Waals surface area contributed by atoms with Crippen molar-refractivity contribution in [2.45, 2.75) is 6.92 Å². The van der Waals surface area contributed by atoms with Gasteiger partial charge in [0.25, 0.3) is 0 Å². The van der Waals surface area contributed by atoms with Crippen LogP contribution in [0.25, 0.3) is 10.2 Å². The van der Waals surface area contributed by atoms with Gasteiger partial charge in [-0.05, 0) is 42.8 Å². The first kappa shape index (κ1) is 13.2. The summed E-state index contributed by atoms with van der Waals surface area (Å²) in [5, 5.41) is 4.90. The molecular weight excluding hydrogens is 292 g/mol. The lowest BCUT2D eigenvalue weighted by Gasteiger charge is -2.08. The van der Waals surface area contributed by atoms with Crippen LogP contribution in [0.3, 0.4) is 0 Å². The molecule has 3 nitrogen and oxygen atoms in total. The molecule has 0 fully saturated rings. The van der Waals surface area contributed by atoms with Gasteiger partial charge in [0.1, 0.15) is 5.75 Å². The summed E-state index contributed by atoms with van der Waals surface area (Å²) >= 11 is 7.72. The molecule has 20 heavy (non-hydrogen) atoms. The van der Waals surface area contributed by atoms with Crippen LogP contribution in [-0.2, 0) is 0 Å². The molecule has 0 aliphatic heterocycles. The summed E-state index contributed by atoms with van der Waals surface area (Å²) in [7, 11) is 1.66. The number of nitrogens with zero attached hydrogens (tertiary/aromatic N) is 1. The molecule has 3 rings (SSSR count). The van der Waals surface area contributed by atoms with Crippen molar-refractivity contribution in [2.75, 3.05) is 12.4 Å². The fourth-order valence-electron chi connectivity index (χ4n) is 1.99. The average molecular weight is 305 g/mol. The lowest BCUT2D eigenvalue weighted by Crippen LogP contribution is -1.93. The molecular formula is C15H13ClN2OS. The number of fused-ring (bicyclic) bond motifs is 1. The second-order valence-electron chi connectivity index (χ2n) is 4.41. The standard InChI is InChI=1S/C15H13ClN2OS/c1-9-8-10(19-2)6-7-12(9)17-15-18-13-5-3-4-11(16)14(13)20-15/h3-8H,1-2H3,(H,17,18). The second-order valence-corrected chi connectivity index (χ2v) is 5.82. The average Bonchev–Trinajstić information content (AvgIpc) is 2.85. The Morgan fingerprint density at radius 2 is 2.10 bits per heavy atom. The van der Waals surface area contributed by atoms with Crippen molar-refractivity contribution in [1.82, 2.24) is 4.98 Å². The molecule has 0 spiro atoms. The highest BCUT2D eigenvalue weighted by molar-refractivity contribution is 7.22. The topological polar surface area (TPSA) is 34.1 Å². The molecule has 0 saturated heterocycles. The molecule has 3 aromatic rings. The quantitative estimate of drug-likeness (QED) is 0.738. The predicted molar refractivity (Wildman–Crippen MR) is 85.6 cm³/mol. The van der Waals surface area contributed by atoms with E-state index in [1.165, 1.54) is 0 Å². The Labute approximate surface area is 126 Å². The van der Waals surface area contributed by atoms with Gasteiger partial charge in [-0.3, -0.25) is 0 Å². The first-order valence-corrected chi connectivity index (χ1v) is 7.33. The minimum atomic E-state index is 0.736. The van der Waals surface area contributed by atoms with E-state index >= 15 is 0 Å². The summed E-state index contributed by atoms with van der Waals surface area (Å²) in [5.41, 5.74) is 3.03. The van der Waals surface area contributed by atoms with Gasteiger partial charge >= 0.3 is 0 Å². The lowest BCUT2D eigenvalue weighted by molar-refractivity contribution is 0.414. The van der Waals surface area contributed by atoms with Crippen LogP contribution in [0.15, 0.2) is 36.4 Å². The molecule has 0 radical (unpaired) electrons. The van der Waals surface area contributed by atoms with Gasteiger partial charge in [0.15, 0.2) is 5.13 Å². The molecule has 0 unspecified atom stereocenters. The molecule has 0 aliphatic carbocycles. The Morgan fingerprint density at radius 1 is 1.25 bits per heavy atom. The molecule has 102 valence electrons. The maximum absolute atomic E-state index is 6.17. The number of rotatable bonds is 3. The molecule has 0 bridgehead atoms. The molecule has 1 heterocycles. The highest BCUT2D eigenvalue weighted by Crippen LogP contribution is 2.34. The van der Waals surface area contributed by atoms with Crippen molar-refractivity contribution in [3.63, 3.8) is 0 Å². The summed E-state index contributed by atoms with van der Waals surface area (Å²) in [6.07, 6.45) is 0. The molecule has 0 saturated carbocycles. The van der Waals surface area contributed by atoms with Crippen LogP contribution in [-0.4, -0.2) is 12.1 Å². The van der Waals surface area contributed by atoms with Crippen LogP contribution in [0, 0.1) is 6.92 Å². The second kappa shape index (κ2) is 5.31. The van der Waals surface area contributed by atoms with Gasteiger partial charge in [-0.1, -0.05) is 29.0 Å². The normalized spacial score (nSPS) is 10.8. The molecule has 5 heteroatoms. The van der Waals surface area contributed by atoms with Crippen LogP contribution in [0.1, 0.15) is 5.56 Å². The van der Waals surface area contributed by atoms with E-state index in [-0.39, 0.29) is 0 Å². The molecule has 0 aliphatic rings. The zero-order chi connectivity index (χ0) is 14.1. The number of halogens is 1. The number of ether oxygens (including phenoxy) is 1. The fraction of sp³-hybridized carbons (Fsp3) is 0.133. The fourth-order valence-corrected chi connectivity index (χ4v) is 3.15. The van der Waals surface area contributed by atoms with E-state index in [0.29, 0.717) is 0 Å². The van der Waals surface area contributed by atoms with Crippen molar-refractivity contribution in [2.24, 2.45) is 0 Å². The lowest BCUT2D eigenvalue weighted by atomic mass is 10.2. The van der Waals surface area contributed by atoms with Crippen LogP contribution in [0.4, 0.5) is 10.8 Å². The Bertz CT molecular complexity index is 770. The van der Waals surface area contributed by atoms with Crippen molar-refractivity contribution >= 4 is 44.0 Å². The third-order valence-electron chi connectivity index (χ3n) is 3.04. The minimum absolute atomic E-state index is 0.736. The van der Waals surface area contributed by atoms with Crippen LogP contribution >= 0.6 is 22.9 Å². The number of aromatic nitrogens is 1. The largest absolute Gasteiger partial charge is 0.497 e. The van der Waals surface area contributed by atoms with E-state index in [2.05, 4.69) is 10.3 Å². The van der Waals surface area contributed by atoms with Crippen LogP contribution in [0.5, 0.6) is 5.75 Å². The minimum Gasteiger partial charge on any atom is -0.497 e. The summed E-state index contributed by atoms with van der Waals surface area (Å²) in [5.74, 6) is 0.848. The summed E-state index contributed by atoms with van der Waals surface area (Å²) in [6.45, 7) is 2.03. The zero-order valence-electron chi connectivity index (χ0n) is 11.1. The number of methoxy groups -OCH3 is 1. The highest BCUT2D eigenvalue weighted by atomic mass is 35.5. The van der Waals surface area contributed by atoms with E-state index in [1.54, 1.807) is 18.4 Å². The Morgan fingerprint density at radius 3 is 2.80 bits per heavy atom. The Balaban J connectivity index is 1.95. The van der Waals surface area contributed by atoms with Crippen molar-refractivity contribution in [1.29, 1.82) is 0 Å². The number of hydrogen-bond acceptors (Lipinski definition) is 4. The molecule has 2 aromatic carbocycles. The van der Waals surface area contributed by atoms with Gasteiger partial charge in [0, 0.05) is 5.69 Å². The van der Waals surface area contributed by atoms with Gasteiger partial charge in [-0.25, -0.2) is 4.98 Å². The number of hydrogen-bond donors (Lipinski definition) is 1. The monoisotopic (exact) mass is 304 g/mol. The summed E-state index contributed by atoms with van der Waals surface area (Å²) < 4.78 is 6.21. The van der Waals surface area contributed by atoms with Gasteiger partial charge < -0.3 is 10.1 Å². The van der Waals surface area contributed by atoms with E-state index in [1.807, 2.05) is 43.3 Å². The number of aryl methyl sites for hydroxylation is 1. The van der Waals surface area contributed by atoms with Gasteiger partial charge in [0.05, 0.1) is 22.3 Å². The predicted octanol–water partition coefficient (Wildman–Crippen LogP) is 5.01.